The summed E-state index contributed by atoms with van der Waals surface area (Å²) in [6, 6.07) is 21.8. The summed E-state index contributed by atoms with van der Waals surface area (Å²) in [5, 5.41) is 6.46. The van der Waals surface area contributed by atoms with Crippen LogP contribution in [0.3, 0.4) is 0 Å². The zero-order valence-corrected chi connectivity index (χ0v) is 17.0. The van der Waals surface area contributed by atoms with Crippen LogP contribution in [0.2, 0.25) is 0 Å². The highest BCUT2D eigenvalue weighted by molar-refractivity contribution is 6.04. The molecule has 0 radical (unpaired) electrons. The average molecular weight is 402 g/mol. The van der Waals surface area contributed by atoms with Crippen LogP contribution in [0.4, 0.5) is 11.5 Å². The first-order valence-corrected chi connectivity index (χ1v) is 10.3. The third-order valence-corrected chi connectivity index (χ3v) is 5.13. The van der Waals surface area contributed by atoms with E-state index in [1.165, 1.54) is 5.56 Å². The largest absolute Gasteiger partial charge is 0.494 e. The fourth-order valence-electron chi connectivity index (χ4n) is 3.58. The van der Waals surface area contributed by atoms with Gasteiger partial charge in [-0.15, -0.1) is 0 Å². The summed E-state index contributed by atoms with van der Waals surface area (Å²) < 4.78 is 5.43. The minimum absolute atomic E-state index is 0.180. The van der Waals surface area contributed by atoms with E-state index >= 15 is 0 Å². The van der Waals surface area contributed by atoms with Gasteiger partial charge in [0.2, 0.25) is 0 Å². The third kappa shape index (κ3) is 4.78. The van der Waals surface area contributed by atoms with Crippen LogP contribution < -0.4 is 20.3 Å². The molecule has 1 saturated heterocycles. The van der Waals surface area contributed by atoms with Crippen molar-refractivity contribution in [2.24, 2.45) is 0 Å². The first-order valence-electron chi connectivity index (χ1n) is 10.3. The first kappa shape index (κ1) is 19.9. The van der Waals surface area contributed by atoms with Gasteiger partial charge in [0.25, 0.3) is 5.91 Å². The highest BCUT2D eigenvalue weighted by atomic mass is 16.5. The summed E-state index contributed by atoms with van der Waals surface area (Å²) in [4.78, 5) is 19.3. The molecule has 4 rings (SSSR count). The van der Waals surface area contributed by atoms with Gasteiger partial charge in [-0.05, 0) is 48.9 Å². The first-order chi connectivity index (χ1) is 14.7. The van der Waals surface area contributed by atoms with E-state index in [9.17, 15) is 4.79 Å². The molecule has 3 aromatic rings. The third-order valence-electron chi connectivity index (χ3n) is 5.13. The van der Waals surface area contributed by atoms with E-state index in [-0.39, 0.29) is 11.9 Å². The molecule has 1 amide bonds. The molecule has 1 aromatic heterocycles. The molecule has 1 atom stereocenters. The summed E-state index contributed by atoms with van der Waals surface area (Å²) >= 11 is 0. The molecular formula is C24H26N4O2. The molecule has 0 bridgehead atoms. The van der Waals surface area contributed by atoms with Crippen molar-refractivity contribution in [3.63, 3.8) is 0 Å². The predicted octanol–water partition coefficient (Wildman–Crippen LogP) is 3.88. The van der Waals surface area contributed by atoms with Crippen LogP contribution in [0.5, 0.6) is 5.75 Å². The minimum Gasteiger partial charge on any atom is -0.494 e. The number of amides is 1. The molecule has 1 fully saturated rings. The standard InChI is InChI=1S/C24H26N4O2/c1-2-30-21-11-9-20(10-12-21)27-24(29)19-8-13-23(26-16-19)28-15-14-25-22(17-28)18-6-4-3-5-7-18/h3-13,16,22,25H,2,14-15,17H2,1H3,(H,27,29)/t22-/m0/s1. The highest BCUT2D eigenvalue weighted by Gasteiger charge is 2.21. The van der Waals surface area contributed by atoms with E-state index < -0.39 is 0 Å². The minimum atomic E-state index is -0.180. The quantitative estimate of drug-likeness (QED) is 0.655. The number of carbonyl (C=O) groups is 1. The van der Waals surface area contributed by atoms with E-state index in [1.54, 1.807) is 6.20 Å². The molecular weight excluding hydrogens is 376 g/mol. The summed E-state index contributed by atoms with van der Waals surface area (Å²) in [6.07, 6.45) is 1.64. The van der Waals surface area contributed by atoms with Gasteiger partial charge in [0.15, 0.2) is 0 Å². The fraction of sp³-hybridized carbons (Fsp3) is 0.250. The Morgan fingerprint density at radius 1 is 1.13 bits per heavy atom. The number of hydrogen-bond acceptors (Lipinski definition) is 5. The smallest absolute Gasteiger partial charge is 0.257 e. The molecule has 1 aliphatic rings. The van der Waals surface area contributed by atoms with Crippen molar-refractivity contribution in [2.45, 2.75) is 13.0 Å². The van der Waals surface area contributed by atoms with Crippen molar-refractivity contribution in [2.75, 3.05) is 36.5 Å². The van der Waals surface area contributed by atoms with E-state index in [4.69, 9.17) is 4.74 Å². The Labute approximate surface area is 176 Å². The number of ether oxygens (including phenoxy) is 1. The lowest BCUT2D eigenvalue weighted by atomic mass is 10.0. The maximum Gasteiger partial charge on any atom is 0.257 e. The van der Waals surface area contributed by atoms with Crippen LogP contribution in [0.15, 0.2) is 72.9 Å². The number of nitrogens with one attached hydrogen (secondary N) is 2. The Balaban J connectivity index is 1.39. The SMILES string of the molecule is CCOc1ccc(NC(=O)c2ccc(N3CCN[C@H](c4ccccc4)C3)nc2)cc1. The molecule has 2 aromatic carbocycles. The predicted molar refractivity (Wildman–Crippen MR) is 119 cm³/mol. The second kappa shape index (κ2) is 9.41. The van der Waals surface area contributed by atoms with Gasteiger partial charge in [-0.3, -0.25) is 4.79 Å². The second-order valence-electron chi connectivity index (χ2n) is 7.18. The molecule has 6 nitrogen and oxygen atoms in total. The summed E-state index contributed by atoms with van der Waals surface area (Å²) in [6.45, 7) is 5.17. The number of piperazine rings is 1. The Morgan fingerprint density at radius 2 is 1.93 bits per heavy atom. The molecule has 0 aliphatic carbocycles. The molecule has 154 valence electrons. The van der Waals surface area contributed by atoms with Crippen molar-refractivity contribution in [1.29, 1.82) is 0 Å². The van der Waals surface area contributed by atoms with Gasteiger partial charge in [-0.1, -0.05) is 30.3 Å². The van der Waals surface area contributed by atoms with Crippen molar-refractivity contribution in [3.8, 4) is 5.75 Å². The lowest BCUT2D eigenvalue weighted by Crippen LogP contribution is -2.46. The number of nitrogens with zero attached hydrogens (tertiary/aromatic N) is 2. The average Bonchev–Trinajstić information content (AvgIpc) is 2.81. The Hall–Kier alpha value is -3.38. The Kier molecular flexibility index (Phi) is 6.25. The lowest BCUT2D eigenvalue weighted by molar-refractivity contribution is 0.102. The molecule has 30 heavy (non-hydrogen) atoms. The number of carbonyl (C=O) groups excluding carboxylic acids is 1. The van der Waals surface area contributed by atoms with Crippen molar-refractivity contribution in [3.05, 3.63) is 84.1 Å². The fourth-order valence-corrected chi connectivity index (χ4v) is 3.58. The van der Waals surface area contributed by atoms with Gasteiger partial charge >= 0.3 is 0 Å². The van der Waals surface area contributed by atoms with Gasteiger partial charge in [0, 0.05) is 37.6 Å². The molecule has 2 N–H and O–H groups in total. The molecule has 2 heterocycles. The summed E-state index contributed by atoms with van der Waals surface area (Å²) in [7, 11) is 0. The number of rotatable bonds is 6. The summed E-state index contributed by atoms with van der Waals surface area (Å²) in [5.74, 6) is 1.49. The lowest BCUT2D eigenvalue weighted by Gasteiger charge is -2.34. The maximum atomic E-state index is 12.5. The number of benzene rings is 2. The van der Waals surface area contributed by atoms with Crippen LogP contribution >= 0.6 is 0 Å². The normalized spacial score (nSPS) is 16.2. The van der Waals surface area contributed by atoms with Crippen LogP contribution in [-0.2, 0) is 0 Å². The van der Waals surface area contributed by atoms with E-state index in [0.29, 0.717) is 12.2 Å². The van der Waals surface area contributed by atoms with E-state index in [1.807, 2.05) is 49.4 Å². The van der Waals surface area contributed by atoms with E-state index in [0.717, 1.165) is 36.9 Å². The van der Waals surface area contributed by atoms with Crippen LogP contribution in [0, 0.1) is 0 Å². The zero-order chi connectivity index (χ0) is 20.8. The number of hydrogen-bond donors (Lipinski definition) is 2. The molecule has 1 aliphatic heterocycles. The van der Waals surface area contributed by atoms with Crippen molar-refractivity contribution in [1.82, 2.24) is 10.3 Å². The second-order valence-corrected chi connectivity index (χ2v) is 7.18. The zero-order valence-electron chi connectivity index (χ0n) is 17.0. The number of anilines is 2. The van der Waals surface area contributed by atoms with E-state index in [2.05, 4.69) is 44.8 Å². The topological polar surface area (TPSA) is 66.5 Å². The summed E-state index contributed by atoms with van der Waals surface area (Å²) in [5.41, 5.74) is 2.52. The molecule has 0 spiro atoms. The number of aromatic nitrogens is 1. The van der Waals surface area contributed by atoms with Gasteiger partial charge in [0.05, 0.1) is 12.2 Å². The highest BCUT2D eigenvalue weighted by Crippen LogP contribution is 2.22. The Bertz CT molecular complexity index is 959. The van der Waals surface area contributed by atoms with Crippen LogP contribution in [0.25, 0.3) is 0 Å². The number of pyridine rings is 1. The van der Waals surface area contributed by atoms with Gasteiger partial charge < -0.3 is 20.3 Å². The molecule has 6 heteroatoms. The van der Waals surface area contributed by atoms with Gasteiger partial charge in [-0.25, -0.2) is 4.98 Å². The Morgan fingerprint density at radius 3 is 2.63 bits per heavy atom. The monoisotopic (exact) mass is 402 g/mol. The molecule has 0 saturated carbocycles. The van der Waals surface area contributed by atoms with Crippen molar-refractivity contribution >= 4 is 17.4 Å². The molecule has 0 unspecified atom stereocenters. The van der Waals surface area contributed by atoms with Gasteiger partial charge in [0.1, 0.15) is 11.6 Å². The maximum absolute atomic E-state index is 12.5. The van der Waals surface area contributed by atoms with Crippen molar-refractivity contribution < 1.29 is 9.53 Å². The van der Waals surface area contributed by atoms with Gasteiger partial charge in [-0.2, -0.15) is 0 Å². The van der Waals surface area contributed by atoms with Crippen LogP contribution in [-0.4, -0.2) is 37.1 Å². The van der Waals surface area contributed by atoms with Crippen LogP contribution in [0.1, 0.15) is 28.9 Å².